The fourth-order valence-electron chi connectivity index (χ4n) is 4.51. The van der Waals surface area contributed by atoms with Gasteiger partial charge in [-0.05, 0) is 89.1 Å². The maximum Gasteiger partial charge on any atom is 0.244 e. The summed E-state index contributed by atoms with van der Waals surface area (Å²) >= 11 is 0. The topological polar surface area (TPSA) is 88.0 Å². The van der Waals surface area contributed by atoms with Gasteiger partial charge in [-0.15, -0.1) is 0 Å². The van der Waals surface area contributed by atoms with Crippen molar-refractivity contribution >= 4 is 12.0 Å². The zero-order valence-corrected chi connectivity index (χ0v) is 26.3. The number of ether oxygens (including phenoxy) is 2. The van der Waals surface area contributed by atoms with Crippen LogP contribution < -0.4 is 14.8 Å². The van der Waals surface area contributed by atoms with Crippen molar-refractivity contribution in [3.8, 4) is 23.0 Å². The summed E-state index contributed by atoms with van der Waals surface area (Å²) in [5.41, 5.74) is 2.86. The summed E-state index contributed by atoms with van der Waals surface area (Å²) in [7, 11) is 0. The van der Waals surface area contributed by atoms with E-state index in [1.807, 2.05) is 39.8 Å². The van der Waals surface area contributed by atoms with E-state index in [9.17, 15) is 15.0 Å². The molecule has 0 unspecified atom stereocenters. The Hall–Kier alpha value is -3.15. The van der Waals surface area contributed by atoms with Gasteiger partial charge in [0.2, 0.25) is 11.7 Å². The van der Waals surface area contributed by atoms with E-state index in [0.29, 0.717) is 29.4 Å². The highest BCUT2D eigenvalue weighted by Gasteiger charge is 2.26. The van der Waals surface area contributed by atoms with Crippen molar-refractivity contribution in [2.75, 3.05) is 0 Å². The molecule has 2 rings (SSSR count). The van der Waals surface area contributed by atoms with Gasteiger partial charge in [0.25, 0.3) is 0 Å². The largest absolute Gasteiger partial charge is 0.507 e. The number of benzene rings is 2. The zero-order chi connectivity index (χ0) is 30.3. The summed E-state index contributed by atoms with van der Waals surface area (Å²) in [5, 5.41) is 24.8. The summed E-state index contributed by atoms with van der Waals surface area (Å²) in [6.07, 6.45) is 6.36. The first-order valence-electron chi connectivity index (χ1n) is 14.7. The molecule has 0 atom stereocenters. The van der Waals surface area contributed by atoms with Gasteiger partial charge in [0.15, 0.2) is 11.5 Å². The fraction of sp³-hybridized carbons (Fsp3) is 0.559. The van der Waals surface area contributed by atoms with Crippen LogP contribution in [0.25, 0.3) is 6.08 Å². The smallest absolute Gasteiger partial charge is 0.244 e. The van der Waals surface area contributed by atoms with Crippen molar-refractivity contribution in [1.29, 1.82) is 0 Å². The normalized spacial score (nSPS) is 12.4. The fourth-order valence-corrected chi connectivity index (χ4v) is 4.51. The van der Waals surface area contributed by atoms with E-state index in [-0.39, 0.29) is 34.7 Å². The van der Waals surface area contributed by atoms with Gasteiger partial charge in [-0.25, -0.2) is 0 Å². The Morgan fingerprint density at radius 3 is 1.57 bits per heavy atom. The number of amides is 1. The quantitative estimate of drug-likeness (QED) is 0.231. The molecule has 0 aliphatic heterocycles. The molecule has 0 saturated heterocycles. The maximum absolute atomic E-state index is 12.8. The van der Waals surface area contributed by atoms with Crippen molar-refractivity contribution in [3.63, 3.8) is 0 Å². The molecule has 1 amide bonds. The number of hydrogen-bond acceptors (Lipinski definition) is 5. The molecule has 0 radical (unpaired) electrons. The van der Waals surface area contributed by atoms with Gasteiger partial charge in [0.1, 0.15) is 5.75 Å². The molecule has 2 aromatic carbocycles. The van der Waals surface area contributed by atoms with E-state index >= 15 is 0 Å². The Labute approximate surface area is 241 Å². The van der Waals surface area contributed by atoms with Crippen LogP contribution in [0.2, 0.25) is 0 Å². The highest BCUT2D eigenvalue weighted by Crippen LogP contribution is 2.41. The van der Waals surface area contributed by atoms with Crippen molar-refractivity contribution in [2.24, 2.45) is 0 Å². The highest BCUT2D eigenvalue weighted by atomic mass is 16.5. The lowest BCUT2D eigenvalue weighted by Gasteiger charge is -2.28. The second-order valence-corrected chi connectivity index (χ2v) is 12.6. The van der Waals surface area contributed by atoms with Crippen molar-refractivity contribution in [1.82, 2.24) is 5.32 Å². The molecule has 6 nitrogen and oxygen atoms in total. The number of nitrogens with one attached hydrogen (secondary N) is 1. The molecule has 0 aromatic heterocycles. The average Bonchev–Trinajstić information content (AvgIpc) is 2.88. The minimum atomic E-state index is -0.249. The molecule has 2 aromatic rings. The van der Waals surface area contributed by atoms with Gasteiger partial charge >= 0.3 is 0 Å². The Bertz CT molecular complexity index is 1090. The average molecular weight is 554 g/mol. The lowest BCUT2D eigenvalue weighted by atomic mass is 9.78. The molecule has 0 aliphatic rings. The summed E-state index contributed by atoms with van der Waals surface area (Å²) in [5.74, 6) is 0.759. The van der Waals surface area contributed by atoms with Crippen LogP contribution in [0.5, 0.6) is 23.0 Å². The molecule has 0 spiro atoms. The number of phenolic OH excluding ortho intramolecular Hbond substituents is 2. The number of phenols is 2. The maximum atomic E-state index is 12.8. The van der Waals surface area contributed by atoms with E-state index in [0.717, 1.165) is 42.4 Å². The second kappa shape index (κ2) is 14.0. The van der Waals surface area contributed by atoms with Crippen LogP contribution in [0.1, 0.15) is 117 Å². The van der Waals surface area contributed by atoms with E-state index in [1.54, 1.807) is 18.2 Å². The van der Waals surface area contributed by atoms with E-state index in [2.05, 4.69) is 46.9 Å². The van der Waals surface area contributed by atoms with Crippen molar-refractivity contribution < 1.29 is 24.5 Å². The van der Waals surface area contributed by atoms with Gasteiger partial charge in [-0.3, -0.25) is 4.79 Å². The lowest BCUT2D eigenvalue weighted by molar-refractivity contribution is -0.116. The number of rotatable bonds is 12. The SMILES string of the molecule is CCC(CC)Oc1cc(/C=C/C(=O)NCc2cc(C(C)(C)C)c(O)c(C(C)(C)C)c2)cc(OC(CC)CC)c1O. The number of carbonyl (C=O) groups excluding carboxylic acids is 1. The van der Waals surface area contributed by atoms with Gasteiger partial charge < -0.3 is 25.0 Å². The standard InChI is InChI=1S/C34H51NO5/c1-11-24(12-2)39-28-19-22(20-29(32(28)38)40-25(13-3)14-4)15-16-30(36)35-21-23-17-26(33(5,6)7)31(37)27(18-23)34(8,9)10/h15-20,24-25,37-38H,11-14,21H2,1-10H3,(H,35,36)/b16-15+. The number of hydrogen-bond donors (Lipinski definition) is 3. The molecule has 0 bridgehead atoms. The van der Waals surface area contributed by atoms with Gasteiger partial charge in [0.05, 0.1) is 12.2 Å². The molecular formula is C34H51NO5. The number of aromatic hydroxyl groups is 2. The Balaban J connectivity index is 2.32. The summed E-state index contributed by atoms with van der Waals surface area (Å²) < 4.78 is 12.2. The molecule has 222 valence electrons. The van der Waals surface area contributed by atoms with Crippen LogP contribution in [-0.4, -0.2) is 28.3 Å². The van der Waals surface area contributed by atoms with Crippen LogP contribution in [0, 0.1) is 0 Å². The molecule has 0 fully saturated rings. The first-order chi connectivity index (χ1) is 18.6. The van der Waals surface area contributed by atoms with Crippen LogP contribution in [0.3, 0.4) is 0 Å². The van der Waals surface area contributed by atoms with Gasteiger partial charge in [-0.2, -0.15) is 0 Å². The molecule has 6 heteroatoms. The van der Waals surface area contributed by atoms with Gasteiger partial charge in [-0.1, -0.05) is 69.2 Å². The van der Waals surface area contributed by atoms with Crippen LogP contribution in [0.4, 0.5) is 0 Å². The monoisotopic (exact) mass is 553 g/mol. The van der Waals surface area contributed by atoms with E-state index in [4.69, 9.17) is 9.47 Å². The number of carbonyl (C=O) groups is 1. The Morgan fingerprint density at radius 1 is 0.775 bits per heavy atom. The van der Waals surface area contributed by atoms with E-state index in [1.165, 1.54) is 6.08 Å². The summed E-state index contributed by atoms with van der Waals surface area (Å²) in [6, 6.07) is 7.42. The van der Waals surface area contributed by atoms with E-state index < -0.39 is 0 Å². The highest BCUT2D eigenvalue weighted by molar-refractivity contribution is 5.91. The lowest BCUT2D eigenvalue weighted by Crippen LogP contribution is -2.22. The first-order valence-corrected chi connectivity index (χ1v) is 14.7. The van der Waals surface area contributed by atoms with Crippen molar-refractivity contribution in [3.05, 3.63) is 52.6 Å². The third kappa shape index (κ3) is 8.94. The molecule has 40 heavy (non-hydrogen) atoms. The molecule has 0 saturated carbocycles. The Kier molecular flexibility index (Phi) is 11.5. The predicted octanol–water partition coefficient (Wildman–Crippen LogP) is 8.16. The van der Waals surface area contributed by atoms with Crippen LogP contribution in [-0.2, 0) is 22.2 Å². The molecule has 0 aliphatic carbocycles. The van der Waals surface area contributed by atoms with Crippen LogP contribution in [0.15, 0.2) is 30.3 Å². The second-order valence-electron chi connectivity index (χ2n) is 12.6. The van der Waals surface area contributed by atoms with Gasteiger partial charge in [0, 0.05) is 12.6 Å². The minimum absolute atomic E-state index is 0.0166. The molecule has 3 N–H and O–H groups in total. The third-order valence-corrected chi connectivity index (χ3v) is 7.15. The third-order valence-electron chi connectivity index (χ3n) is 7.15. The predicted molar refractivity (Wildman–Crippen MR) is 164 cm³/mol. The summed E-state index contributed by atoms with van der Waals surface area (Å²) in [6.45, 7) is 20.9. The first kappa shape index (κ1) is 33.1. The zero-order valence-electron chi connectivity index (χ0n) is 26.3. The Morgan fingerprint density at radius 2 is 1.20 bits per heavy atom. The van der Waals surface area contributed by atoms with Crippen LogP contribution >= 0.6 is 0 Å². The van der Waals surface area contributed by atoms with Crippen molar-refractivity contribution in [2.45, 2.75) is 125 Å². The summed E-state index contributed by atoms with van der Waals surface area (Å²) in [4.78, 5) is 12.8. The molecule has 0 heterocycles. The minimum Gasteiger partial charge on any atom is -0.507 e. The molecular weight excluding hydrogens is 502 g/mol.